The Morgan fingerprint density at radius 3 is 2.28 bits per heavy atom. The van der Waals surface area contributed by atoms with Gasteiger partial charge >= 0.3 is 12.1 Å². The fourth-order valence-corrected chi connectivity index (χ4v) is 4.82. The van der Waals surface area contributed by atoms with Crippen LogP contribution in [0.1, 0.15) is 49.7 Å². The molecule has 2 aromatic rings. The fraction of sp³-hybridized carbons (Fsp3) is 0.400. The van der Waals surface area contributed by atoms with Crippen molar-refractivity contribution >= 4 is 18.0 Å². The molecule has 2 amide bonds. The second-order valence-corrected chi connectivity index (χ2v) is 8.68. The van der Waals surface area contributed by atoms with Crippen LogP contribution in [-0.2, 0) is 14.3 Å². The summed E-state index contributed by atoms with van der Waals surface area (Å²) in [5.41, 5.74) is 4.71. The lowest BCUT2D eigenvalue weighted by atomic mass is 9.98. The Balaban J connectivity index is 1.27. The SMILES string of the molecule is C[C@H](NC(=O)CC1CCC(NC(=O)OCC2c3ccccc3-c3ccccc32)C1)C(=O)O. The molecule has 0 saturated heterocycles. The number of alkyl carbamates (subject to hydrolysis) is 1. The van der Waals surface area contributed by atoms with E-state index in [0.29, 0.717) is 6.42 Å². The summed E-state index contributed by atoms with van der Waals surface area (Å²) in [7, 11) is 0. The molecule has 4 rings (SSSR count). The summed E-state index contributed by atoms with van der Waals surface area (Å²) in [6.07, 6.45) is 2.08. The molecular weight excluding hydrogens is 408 g/mol. The molecule has 7 heteroatoms. The summed E-state index contributed by atoms with van der Waals surface area (Å²) in [6.45, 7) is 1.71. The molecule has 32 heavy (non-hydrogen) atoms. The minimum Gasteiger partial charge on any atom is -0.480 e. The van der Waals surface area contributed by atoms with Gasteiger partial charge in [0.25, 0.3) is 0 Å². The van der Waals surface area contributed by atoms with E-state index in [4.69, 9.17) is 9.84 Å². The van der Waals surface area contributed by atoms with Crippen LogP contribution >= 0.6 is 0 Å². The van der Waals surface area contributed by atoms with Crippen LogP contribution in [0.2, 0.25) is 0 Å². The smallest absolute Gasteiger partial charge is 0.407 e. The van der Waals surface area contributed by atoms with Crippen LogP contribution in [-0.4, -0.2) is 41.8 Å². The lowest BCUT2D eigenvalue weighted by molar-refractivity contribution is -0.141. The molecule has 0 radical (unpaired) electrons. The van der Waals surface area contributed by atoms with Gasteiger partial charge in [0.1, 0.15) is 12.6 Å². The number of carboxylic acid groups (broad SMARTS) is 1. The number of carbonyl (C=O) groups is 3. The number of carboxylic acids is 1. The summed E-state index contributed by atoms with van der Waals surface area (Å²) in [5, 5.41) is 14.3. The van der Waals surface area contributed by atoms with E-state index in [1.807, 2.05) is 24.3 Å². The third kappa shape index (κ3) is 4.77. The van der Waals surface area contributed by atoms with Gasteiger partial charge in [0, 0.05) is 18.4 Å². The van der Waals surface area contributed by atoms with E-state index in [1.54, 1.807) is 0 Å². The molecule has 0 spiro atoms. The highest BCUT2D eigenvalue weighted by atomic mass is 16.5. The van der Waals surface area contributed by atoms with E-state index < -0.39 is 18.1 Å². The van der Waals surface area contributed by atoms with Crippen LogP contribution in [0.25, 0.3) is 11.1 Å². The Kier molecular flexibility index (Phi) is 6.44. The van der Waals surface area contributed by atoms with Crippen LogP contribution < -0.4 is 10.6 Å². The molecule has 168 valence electrons. The molecule has 0 aliphatic heterocycles. The number of fused-ring (bicyclic) bond motifs is 3. The van der Waals surface area contributed by atoms with Crippen molar-refractivity contribution in [3.8, 4) is 11.1 Å². The van der Waals surface area contributed by atoms with Crippen LogP contribution in [0.5, 0.6) is 0 Å². The third-order valence-electron chi connectivity index (χ3n) is 6.43. The first-order valence-corrected chi connectivity index (χ1v) is 11.1. The van der Waals surface area contributed by atoms with Crippen LogP contribution in [0, 0.1) is 5.92 Å². The van der Waals surface area contributed by atoms with E-state index in [0.717, 1.165) is 12.8 Å². The average molecular weight is 437 g/mol. The lowest BCUT2D eigenvalue weighted by Gasteiger charge is -2.17. The topological polar surface area (TPSA) is 105 Å². The molecule has 1 fully saturated rings. The van der Waals surface area contributed by atoms with E-state index in [2.05, 4.69) is 34.9 Å². The van der Waals surface area contributed by atoms with Gasteiger partial charge in [-0.1, -0.05) is 48.5 Å². The Bertz CT molecular complexity index is 975. The van der Waals surface area contributed by atoms with Gasteiger partial charge in [-0.15, -0.1) is 0 Å². The molecule has 0 bridgehead atoms. The summed E-state index contributed by atoms with van der Waals surface area (Å²) in [6, 6.07) is 15.5. The summed E-state index contributed by atoms with van der Waals surface area (Å²) >= 11 is 0. The molecule has 1 saturated carbocycles. The lowest BCUT2D eigenvalue weighted by Crippen LogP contribution is -2.39. The second-order valence-electron chi connectivity index (χ2n) is 8.68. The number of hydrogen-bond acceptors (Lipinski definition) is 4. The van der Waals surface area contributed by atoms with Crippen molar-refractivity contribution < 1.29 is 24.2 Å². The average Bonchev–Trinajstić information content (AvgIpc) is 3.34. The van der Waals surface area contributed by atoms with Crippen LogP contribution in [0.3, 0.4) is 0 Å². The van der Waals surface area contributed by atoms with Crippen molar-refractivity contribution in [2.24, 2.45) is 5.92 Å². The number of hydrogen-bond donors (Lipinski definition) is 3. The van der Waals surface area contributed by atoms with Gasteiger partial charge < -0.3 is 20.5 Å². The summed E-state index contributed by atoms with van der Waals surface area (Å²) < 4.78 is 5.60. The number of ether oxygens (including phenoxy) is 1. The first-order valence-electron chi connectivity index (χ1n) is 11.1. The predicted molar refractivity (Wildman–Crippen MR) is 119 cm³/mol. The van der Waals surface area contributed by atoms with Crippen molar-refractivity contribution in [1.82, 2.24) is 10.6 Å². The molecule has 3 atom stereocenters. The highest BCUT2D eigenvalue weighted by Crippen LogP contribution is 2.44. The number of amides is 2. The van der Waals surface area contributed by atoms with Gasteiger partial charge in [-0.05, 0) is 54.4 Å². The number of nitrogens with one attached hydrogen (secondary N) is 2. The van der Waals surface area contributed by atoms with Crippen molar-refractivity contribution in [2.45, 2.75) is 50.6 Å². The Hall–Kier alpha value is -3.35. The van der Waals surface area contributed by atoms with Gasteiger partial charge in [0.2, 0.25) is 5.91 Å². The quantitative estimate of drug-likeness (QED) is 0.614. The number of benzene rings is 2. The first kappa shape index (κ1) is 21.9. The maximum atomic E-state index is 12.5. The van der Waals surface area contributed by atoms with E-state index >= 15 is 0 Å². The number of rotatable bonds is 7. The standard InChI is InChI=1S/C25H28N2O5/c1-15(24(29)30)26-23(28)13-16-10-11-17(12-16)27-25(31)32-14-22-20-8-4-2-6-18(20)19-7-3-5-9-21(19)22/h2-9,15-17,22H,10-14H2,1H3,(H,26,28)(H,27,31)(H,29,30)/t15-,16?,17?/m0/s1. The molecule has 3 N–H and O–H groups in total. The monoisotopic (exact) mass is 436 g/mol. The zero-order chi connectivity index (χ0) is 22.7. The van der Waals surface area contributed by atoms with E-state index in [-0.39, 0.29) is 36.8 Å². The van der Waals surface area contributed by atoms with Crippen LogP contribution in [0.4, 0.5) is 4.79 Å². The van der Waals surface area contributed by atoms with Gasteiger partial charge in [-0.2, -0.15) is 0 Å². The largest absolute Gasteiger partial charge is 0.480 e. The highest BCUT2D eigenvalue weighted by Gasteiger charge is 2.31. The molecule has 0 heterocycles. The Morgan fingerprint density at radius 1 is 1.03 bits per heavy atom. The Morgan fingerprint density at radius 2 is 1.66 bits per heavy atom. The summed E-state index contributed by atoms with van der Waals surface area (Å²) in [4.78, 5) is 35.3. The molecule has 2 aromatic carbocycles. The second kappa shape index (κ2) is 9.42. The van der Waals surface area contributed by atoms with Crippen molar-refractivity contribution in [2.75, 3.05) is 6.61 Å². The van der Waals surface area contributed by atoms with Gasteiger partial charge in [0.15, 0.2) is 0 Å². The zero-order valence-electron chi connectivity index (χ0n) is 18.0. The number of aliphatic carboxylic acids is 1. The number of carbonyl (C=O) groups excluding carboxylic acids is 2. The van der Waals surface area contributed by atoms with Crippen molar-refractivity contribution in [1.29, 1.82) is 0 Å². The highest BCUT2D eigenvalue weighted by molar-refractivity contribution is 5.83. The fourth-order valence-electron chi connectivity index (χ4n) is 4.82. The Labute approximate surface area is 187 Å². The van der Waals surface area contributed by atoms with E-state index in [1.165, 1.54) is 29.2 Å². The van der Waals surface area contributed by atoms with Gasteiger partial charge in [0.05, 0.1) is 0 Å². The van der Waals surface area contributed by atoms with E-state index in [9.17, 15) is 14.4 Å². The molecular formula is C25H28N2O5. The molecule has 2 aliphatic carbocycles. The van der Waals surface area contributed by atoms with Crippen LogP contribution in [0.15, 0.2) is 48.5 Å². The van der Waals surface area contributed by atoms with Gasteiger partial charge in [-0.25, -0.2) is 4.79 Å². The molecule has 7 nitrogen and oxygen atoms in total. The minimum absolute atomic E-state index is 0.0180. The molecule has 2 aliphatic rings. The summed E-state index contributed by atoms with van der Waals surface area (Å²) in [5.74, 6) is -1.19. The third-order valence-corrected chi connectivity index (χ3v) is 6.43. The maximum absolute atomic E-state index is 12.5. The van der Waals surface area contributed by atoms with Crippen molar-refractivity contribution in [3.63, 3.8) is 0 Å². The minimum atomic E-state index is -1.06. The maximum Gasteiger partial charge on any atom is 0.407 e. The predicted octanol–water partition coefficient (Wildman–Crippen LogP) is 3.67. The molecule has 0 aromatic heterocycles. The zero-order valence-corrected chi connectivity index (χ0v) is 18.0. The first-order chi connectivity index (χ1) is 15.4. The normalized spacial score (nSPS) is 20.2. The molecule has 2 unspecified atom stereocenters. The van der Waals surface area contributed by atoms with Gasteiger partial charge in [-0.3, -0.25) is 9.59 Å². The van der Waals surface area contributed by atoms with Crippen molar-refractivity contribution in [3.05, 3.63) is 59.7 Å².